The second kappa shape index (κ2) is 6.52. The molecule has 0 atom stereocenters. The van der Waals surface area contributed by atoms with Gasteiger partial charge in [-0.1, -0.05) is 18.2 Å². The standard InChI is InChI=1S/C13H15NO5S2/c1-2-19-8-7-14-21(17,18)12-9-5-3-4-6-10(9)20-11(12)13(15)16/h3-6,14H,2,7-8H2,1H3,(H,15,16). The Balaban J connectivity index is 2.43. The van der Waals surface area contributed by atoms with Crippen LogP contribution in [0.5, 0.6) is 0 Å². The minimum atomic E-state index is -3.90. The Morgan fingerprint density at radius 2 is 2.10 bits per heavy atom. The number of carboxylic acid groups (broad SMARTS) is 1. The number of aromatic carboxylic acids is 1. The second-order valence-electron chi connectivity index (χ2n) is 4.16. The van der Waals surface area contributed by atoms with Gasteiger partial charge in [-0.3, -0.25) is 0 Å². The van der Waals surface area contributed by atoms with E-state index in [2.05, 4.69) is 4.72 Å². The van der Waals surface area contributed by atoms with Crippen molar-refractivity contribution < 1.29 is 23.1 Å². The maximum atomic E-state index is 12.4. The zero-order valence-corrected chi connectivity index (χ0v) is 13.0. The summed E-state index contributed by atoms with van der Waals surface area (Å²) in [5, 5.41) is 9.65. The molecule has 2 N–H and O–H groups in total. The predicted octanol–water partition coefficient (Wildman–Crippen LogP) is 1.91. The van der Waals surface area contributed by atoms with Crippen LogP contribution in [0.25, 0.3) is 10.1 Å². The first-order valence-electron chi connectivity index (χ1n) is 6.29. The minimum Gasteiger partial charge on any atom is -0.477 e. The average molecular weight is 329 g/mol. The van der Waals surface area contributed by atoms with Gasteiger partial charge in [0, 0.05) is 23.2 Å². The zero-order valence-electron chi connectivity index (χ0n) is 11.3. The lowest BCUT2D eigenvalue weighted by Gasteiger charge is -2.07. The number of fused-ring (bicyclic) bond motifs is 1. The van der Waals surface area contributed by atoms with E-state index in [-0.39, 0.29) is 22.9 Å². The summed E-state index contributed by atoms with van der Waals surface area (Å²) < 4.78 is 32.8. The van der Waals surface area contributed by atoms with Crippen LogP contribution in [0.4, 0.5) is 0 Å². The molecule has 2 rings (SSSR count). The molecular weight excluding hydrogens is 314 g/mol. The highest BCUT2D eigenvalue weighted by atomic mass is 32.2. The van der Waals surface area contributed by atoms with Crippen molar-refractivity contribution in [1.82, 2.24) is 4.72 Å². The summed E-state index contributed by atoms with van der Waals surface area (Å²) in [6.45, 7) is 2.63. The number of hydrogen-bond acceptors (Lipinski definition) is 5. The SMILES string of the molecule is CCOCCNS(=O)(=O)c1c(C(=O)O)sc2ccccc12. The van der Waals surface area contributed by atoms with Crippen molar-refractivity contribution >= 4 is 37.4 Å². The van der Waals surface area contributed by atoms with Gasteiger partial charge in [-0.05, 0) is 13.0 Å². The molecule has 2 aromatic rings. The molecule has 8 heteroatoms. The quantitative estimate of drug-likeness (QED) is 0.757. The smallest absolute Gasteiger partial charge is 0.347 e. The molecule has 21 heavy (non-hydrogen) atoms. The predicted molar refractivity (Wildman–Crippen MR) is 80.5 cm³/mol. The van der Waals surface area contributed by atoms with Crippen LogP contribution >= 0.6 is 11.3 Å². The molecule has 0 radical (unpaired) electrons. The van der Waals surface area contributed by atoms with Crippen LogP contribution in [-0.4, -0.2) is 39.3 Å². The number of rotatable bonds is 7. The monoisotopic (exact) mass is 329 g/mol. The van der Waals surface area contributed by atoms with Gasteiger partial charge in [-0.25, -0.2) is 17.9 Å². The average Bonchev–Trinajstić information content (AvgIpc) is 2.84. The normalized spacial score (nSPS) is 11.9. The fourth-order valence-corrected chi connectivity index (χ4v) is 4.64. The van der Waals surface area contributed by atoms with Crippen molar-refractivity contribution in [2.45, 2.75) is 11.8 Å². The number of ether oxygens (including phenoxy) is 1. The minimum absolute atomic E-state index is 0.0966. The molecule has 114 valence electrons. The molecule has 0 spiro atoms. The van der Waals surface area contributed by atoms with E-state index in [1.807, 2.05) is 6.92 Å². The van der Waals surface area contributed by atoms with Crippen LogP contribution in [-0.2, 0) is 14.8 Å². The highest BCUT2D eigenvalue weighted by Gasteiger charge is 2.27. The molecule has 1 aromatic heterocycles. The van der Waals surface area contributed by atoms with E-state index < -0.39 is 16.0 Å². The van der Waals surface area contributed by atoms with E-state index in [4.69, 9.17) is 4.74 Å². The van der Waals surface area contributed by atoms with Crippen LogP contribution in [0.3, 0.4) is 0 Å². The van der Waals surface area contributed by atoms with Gasteiger partial charge in [0.05, 0.1) is 6.61 Å². The molecule has 1 heterocycles. The van der Waals surface area contributed by atoms with E-state index in [0.717, 1.165) is 11.3 Å². The number of carboxylic acids is 1. The van der Waals surface area contributed by atoms with Crippen molar-refractivity contribution in [2.24, 2.45) is 0 Å². The van der Waals surface area contributed by atoms with Crippen LogP contribution < -0.4 is 4.72 Å². The van der Waals surface area contributed by atoms with Crippen LogP contribution in [0.2, 0.25) is 0 Å². The van der Waals surface area contributed by atoms with Crippen molar-refractivity contribution in [3.8, 4) is 0 Å². The van der Waals surface area contributed by atoms with Crippen LogP contribution in [0.1, 0.15) is 16.6 Å². The molecule has 0 aliphatic rings. The summed E-state index contributed by atoms with van der Waals surface area (Å²) in [6.07, 6.45) is 0. The molecule has 1 aromatic carbocycles. The van der Waals surface area contributed by atoms with Gasteiger partial charge in [-0.2, -0.15) is 0 Å². The Kier molecular flexibility index (Phi) is 4.94. The van der Waals surface area contributed by atoms with Crippen molar-refractivity contribution in [2.75, 3.05) is 19.8 Å². The molecule has 0 unspecified atom stereocenters. The van der Waals surface area contributed by atoms with E-state index in [0.29, 0.717) is 16.7 Å². The number of sulfonamides is 1. The van der Waals surface area contributed by atoms with Gasteiger partial charge < -0.3 is 9.84 Å². The zero-order chi connectivity index (χ0) is 15.5. The summed E-state index contributed by atoms with van der Waals surface area (Å²) in [5.41, 5.74) is 0. The van der Waals surface area contributed by atoms with E-state index in [1.165, 1.54) is 0 Å². The van der Waals surface area contributed by atoms with Crippen LogP contribution in [0.15, 0.2) is 29.2 Å². The van der Waals surface area contributed by atoms with Crippen molar-refractivity contribution in [3.63, 3.8) is 0 Å². The molecule has 6 nitrogen and oxygen atoms in total. The lowest BCUT2D eigenvalue weighted by molar-refractivity contribution is 0.0698. The number of thiophene rings is 1. The van der Waals surface area contributed by atoms with Gasteiger partial charge in [-0.15, -0.1) is 11.3 Å². The number of benzene rings is 1. The van der Waals surface area contributed by atoms with E-state index >= 15 is 0 Å². The summed E-state index contributed by atoms with van der Waals surface area (Å²) in [5.74, 6) is -1.25. The lowest BCUT2D eigenvalue weighted by Crippen LogP contribution is -2.28. The fourth-order valence-electron chi connectivity index (χ4n) is 1.89. The third-order valence-corrected chi connectivity index (χ3v) is 5.59. The van der Waals surface area contributed by atoms with E-state index in [1.54, 1.807) is 24.3 Å². The van der Waals surface area contributed by atoms with Gasteiger partial charge >= 0.3 is 5.97 Å². The Bertz CT molecular complexity index is 751. The Hall–Kier alpha value is -1.48. The first-order valence-corrected chi connectivity index (χ1v) is 8.59. The first-order chi connectivity index (χ1) is 9.97. The summed E-state index contributed by atoms with van der Waals surface area (Å²) >= 11 is 0.953. The number of nitrogens with one attached hydrogen (secondary N) is 1. The van der Waals surface area contributed by atoms with E-state index in [9.17, 15) is 18.3 Å². The van der Waals surface area contributed by atoms with Gasteiger partial charge in [0.15, 0.2) is 0 Å². The fraction of sp³-hybridized carbons (Fsp3) is 0.308. The van der Waals surface area contributed by atoms with Crippen molar-refractivity contribution in [3.05, 3.63) is 29.1 Å². The topological polar surface area (TPSA) is 92.7 Å². The molecule has 0 aliphatic heterocycles. The molecule has 0 fully saturated rings. The third-order valence-electron chi connectivity index (χ3n) is 2.76. The van der Waals surface area contributed by atoms with Gasteiger partial charge in [0.1, 0.15) is 9.77 Å². The summed E-state index contributed by atoms with van der Waals surface area (Å²) in [6, 6.07) is 6.73. The first kappa shape index (κ1) is 15.9. The third kappa shape index (κ3) is 3.41. The number of carbonyl (C=O) groups is 1. The van der Waals surface area contributed by atoms with Gasteiger partial charge in [0.2, 0.25) is 10.0 Å². The summed E-state index contributed by atoms with van der Waals surface area (Å²) in [4.78, 5) is 11.0. The molecule has 0 aliphatic carbocycles. The second-order valence-corrected chi connectivity index (χ2v) is 6.91. The molecule has 0 saturated heterocycles. The molecule has 0 bridgehead atoms. The molecular formula is C13H15NO5S2. The molecule has 0 saturated carbocycles. The Morgan fingerprint density at radius 1 is 1.38 bits per heavy atom. The maximum Gasteiger partial charge on any atom is 0.347 e. The highest BCUT2D eigenvalue weighted by Crippen LogP contribution is 2.34. The molecule has 0 amide bonds. The number of hydrogen-bond donors (Lipinski definition) is 2. The Labute approximate surface area is 126 Å². The summed E-state index contributed by atoms with van der Waals surface area (Å²) in [7, 11) is -3.90. The largest absolute Gasteiger partial charge is 0.477 e. The Morgan fingerprint density at radius 3 is 2.76 bits per heavy atom. The van der Waals surface area contributed by atoms with Crippen molar-refractivity contribution in [1.29, 1.82) is 0 Å². The van der Waals surface area contributed by atoms with Gasteiger partial charge in [0.25, 0.3) is 0 Å². The highest BCUT2D eigenvalue weighted by molar-refractivity contribution is 7.90. The maximum absolute atomic E-state index is 12.4. The van der Waals surface area contributed by atoms with Crippen LogP contribution in [0, 0.1) is 0 Å². The lowest BCUT2D eigenvalue weighted by atomic mass is 10.2.